The highest BCUT2D eigenvalue weighted by atomic mass is 16.3. The number of aliphatic hydroxyl groups excluding tert-OH is 1. The van der Waals surface area contributed by atoms with Gasteiger partial charge in [-0.05, 0) is 58.4 Å². The van der Waals surface area contributed by atoms with E-state index < -0.39 is 0 Å². The molecule has 4 nitrogen and oxygen atoms in total. The molecule has 1 atom stereocenters. The number of rotatable bonds is 8. The van der Waals surface area contributed by atoms with E-state index in [9.17, 15) is 5.11 Å². The van der Waals surface area contributed by atoms with E-state index in [2.05, 4.69) is 42.8 Å². The van der Waals surface area contributed by atoms with Crippen molar-refractivity contribution in [1.29, 1.82) is 0 Å². The van der Waals surface area contributed by atoms with Crippen molar-refractivity contribution in [3.8, 4) is 0 Å². The van der Waals surface area contributed by atoms with Crippen LogP contribution in [0.1, 0.15) is 56.5 Å². The summed E-state index contributed by atoms with van der Waals surface area (Å²) in [7, 11) is 0. The first kappa shape index (κ1) is 15.5. The molecule has 0 aromatic carbocycles. The number of aromatic nitrogens is 2. The van der Waals surface area contributed by atoms with Crippen LogP contribution in [0.4, 0.5) is 0 Å². The van der Waals surface area contributed by atoms with E-state index >= 15 is 0 Å². The third-order valence-electron chi connectivity index (χ3n) is 4.46. The predicted molar refractivity (Wildman–Crippen MR) is 82.0 cm³/mol. The molecule has 0 amide bonds. The minimum absolute atomic E-state index is 0.134. The van der Waals surface area contributed by atoms with Gasteiger partial charge in [0.25, 0.3) is 0 Å². The molecule has 0 radical (unpaired) electrons. The Bertz CT molecular complexity index is 451. The van der Waals surface area contributed by atoms with Crippen molar-refractivity contribution >= 4 is 0 Å². The molecule has 1 aromatic heterocycles. The number of hydrogen-bond donors (Lipinski definition) is 2. The monoisotopic (exact) mass is 279 g/mol. The van der Waals surface area contributed by atoms with Gasteiger partial charge in [0.05, 0.1) is 12.3 Å². The second-order valence-corrected chi connectivity index (χ2v) is 6.47. The number of nitrogens with one attached hydrogen (secondary N) is 1. The van der Waals surface area contributed by atoms with Crippen LogP contribution >= 0.6 is 0 Å². The van der Waals surface area contributed by atoms with E-state index in [1.807, 2.05) is 0 Å². The lowest BCUT2D eigenvalue weighted by molar-refractivity contribution is 0.159. The first-order valence-corrected chi connectivity index (χ1v) is 7.90. The topological polar surface area (TPSA) is 50.1 Å². The first-order chi connectivity index (χ1) is 9.49. The average molecular weight is 279 g/mol. The second-order valence-electron chi connectivity index (χ2n) is 6.47. The Morgan fingerprint density at radius 1 is 1.40 bits per heavy atom. The zero-order valence-electron chi connectivity index (χ0n) is 13.4. The van der Waals surface area contributed by atoms with Crippen LogP contribution in [0.25, 0.3) is 0 Å². The normalized spacial score (nSPS) is 18.2. The molecular formula is C16H29N3O. The van der Waals surface area contributed by atoms with E-state index in [1.54, 1.807) is 0 Å². The van der Waals surface area contributed by atoms with Crippen LogP contribution in [0, 0.1) is 13.8 Å². The first-order valence-electron chi connectivity index (χ1n) is 7.90. The zero-order chi connectivity index (χ0) is 14.8. The molecule has 0 bridgehead atoms. The fraction of sp³-hybridized carbons (Fsp3) is 0.812. The lowest BCUT2D eigenvalue weighted by atomic mass is 9.96. The molecule has 1 aromatic rings. The molecule has 1 aliphatic rings. The molecule has 1 heterocycles. The Hall–Kier alpha value is -0.870. The summed E-state index contributed by atoms with van der Waals surface area (Å²) in [6.45, 7) is 9.71. The molecule has 1 unspecified atom stereocenters. The van der Waals surface area contributed by atoms with Crippen LogP contribution in [0.3, 0.4) is 0 Å². The lowest BCUT2D eigenvalue weighted by Gasteiger charge is -2.29. The average Bonchev–Trinajstić information content (AvgIpc) is 3.17. The fourth-order valence-electron chi connectivity index (χ4n) is 3.00. The van der Waals surface area contributed by atoms with Gasteiger partial charge in [-0.15, -0.1) is 0 Å². The van der Waals surface area contributed by atoms with Gasteiger partial charge >= 0.3 is 0 Å². The van der Waals surface area contributed by atoms with E-state index in [0.29, 0.717) is 6.04 Å². The number of aryl methyl sites for hydroxylation is 2. The van der Waals surface area contributed by atoms with Gasteiger partial charge in [0, 0.05) is 23.8 Å². The SMILES string of the molecule is CCc1c(C)nn(CCCC(C)(CO)NC2CC2)c1C. The van der Waals surface area contributed by atoms with Crippen molar-refractivity contribution in [2.24, 2.45) is 0 Å². The molecule has 4 heteroatoms. The summed E-state index contributed by atoms with van der Waals surface area (Å²) in [6, 6.07) is 0.632. The molecule has 1 aliphatic carbocycles. The summed E-state index contributed by atoms with van der Waals surface area (Å²) in [5.74, 6) is 0. The van der Waals surface area contributed by atoms with E-state index in [-0.39, 0.29) is 12.1 Å². The van der Waals surface area contributed by atoms with Gasteiger partial charge < -0.3 is 10.4 Å². The van der Waals surface area contributed by atoms with Gasteiger partial charge in [0.15, 0.2) is 0 Å². The quantitative estimate of drug-likeness (QED) is 0.768. The van der Waals surface area contributed by atoms with Gasteiger partial charge in [0.1, 0.15) is 0 Å². The number of aliphatic hydroxyl groups is 1. The van der Waals surface area contributed by atoms with E-state index in [1.165, 1.54) is 24.1 Å². The molecular weight excluding hydrogens is 250 g/mol. The Balaban J connectivity index is 1.88. The van der Waals surface area contributed by atoms with Gasteiger partial charge in [-0.25, -0.2) is 0 Å². The van der Waals surface area contributed by atoms with Crippen LogP contribution < -0.4 is 5.32 Å². The van der Waals surface area contributed by atoms with Crippen molar-refractivity contribution in [3.63, 3.8) is 0 Å². The maximum absolute atomic E-state index is 9.62. The molecule has 0 saturated heterocycles. The van der Waals surface area contributed by atoms with Crippen LogP contribution in [-0.4, -0.2) is 33.1 Å². The standard InChI is InChI=1S/C16H29N3O/c1-5-15-12(2)18-19(13(15)3)10-6-9-16(4,11-20)17-14-7-8-14/h14,17,20H,5-11H2,1-4H3. The van der Waals surface area contributed by atoms with Crippen molar-refractivity contribution in [3.05, 3.63) is 17.0 Å². The van der Waals surface area contributed by atoms with Crippen LogP contribution in [-0.2, 0) is 13.0 Å². The zero-order valence-corrected chi connectivity index (χ0v) is 13.4. The predicted octanol–water partition coefficient (Wildman–Crippen LogP) is 2.35. The Labute approximate surface area is 122 Å². The van der Waals surface area contributed by atoms with Crippen molar-refractivity contribution in [2.45, 2.75) is 77.9 Å². The Morgan fingerprint density at radius 3 is 2.60 bits per heavy atom. The van der Waals surface area contributed by atoms with Gasteiger partial charge in [-0.2, -0.15) is 5.10 Å². The molecule has 2 N–H and O–H groups in total. The smallest absolute Gasteiger partial charge is 0.0628 e. The third kappa shape index (κ3) is 3.61. The van der Waals surface area contributed by atoms with Crippen molar-refractivity contribution in [2.75, 3.05) is 6.61 Å². The van der Waals surface area contributed by atoms with Gasteiger partial charge in [-0.3, -0.25) is 4.68 Å². The molecule has 2 rings (SSSR count). The lowest BCUT2D eigenvalue weighted by Crippen LogP contribution is -2.47. The molecule has 0 spiro atoms. The highest BCUT2D eigenvalue weighted by molar-refractivity contribution is 5.24. The van der Waals surface area contributed by atoms with E-state index in [4.69, 9.17) is 0 Å². The fourth-order valence-corrected chi connectivity index (χ4v) is 3.00. The molecule has 20 heavy (non-hydrogen) atoms. The summed E-state index contributed by atoms with van der Waals surface area (Å²) in [5.41, 5.74) is 3.70. The summed E-state index contributed by atoms with van der Waals surface area (Å²) < 4.78 is 2.13. The minimum atomic E-state index is -0.134. The van der Waals surface area contributed by atoms with E-state index in [0.717, 1.165) is 31.5 Å². The highest BCUT2D eigenvalue weighted by Crippen LogP contribution is 2.25. The number of hydrogen-bond acceptors (Lipinski definition) is 3. The highest BCUT2D eigenvalue weighted by Gasteiger charge is 2.31. The van der Waals surface area contributed by atoms with Gasteiger partial charge in [-0.1, -0.05) is 6.92 Å². The van der Waals surface area contributed by atoms with Crippen molar-refractivity contribution in [1.82, 2.24) is 15.1 Å². The largest absolute Gasteiger partial charge is 0.394 e. The molecule has 1 saturated carbocycles. The third-order valence-corrected chi connectivity index (χ3v) is 4.46. The number of nitrogens with zero attached hydrogens (tertiary/aromatic N) is 2. The summed E-state index contributed by atoms with van der Waals surface area (Å²) in [4.78, 5) is 0. The summed E-state index contributed by atoms with van der Waals surface area (Å²) >= 11 is 0. The minimum Gasteiger partial charge on any atom is -0.394 e. The second kappa shape index (κ2) is 6.27. The van der Waals surface area contributed by atoms with Gasteiger partial charge in [0.2, 0.25) is 0 Å². The van der Waals surface area contributed by atoms with Crippen LogP contribution in [0.2, 0.25) is 0 Å². The maximum Gasteiger partial charge on any atom is 0.0628 e. The molecule has 114 valence electrons. The van der Waals surface area contributed by atoms with Crippen LogP contribution in [0.15, 0.2) is 0 Å². The summed E-state index contributed by atoms with van der Waals surface area (Å²) in [5, 5.41) is 17.8. The molecule has 0 aliphatic heterocycles. The van der Waals surface area contributed by atoms with Crippen LogP contribution in [0.5, 0.6) is 0 Å². The van der Waals surface area contributed by atoms with Crippen molar-refractivity contribution < 1.29 is 5.11 Å². The summed E-state index contributed by atoms with van der Waals surface area (Å²) in [6.07, 6.45) is 5.59. The Kier molecular flexibility index (Phi) is 4.86. The Morgan fingerprint density at radius 2 is 2.10 bits per heavy atom. The maximum atomic E-state index is 9.62. The molecule has 1 fully saturated rings.